The van der Waals surface area contributed by atoms with Crippen molar-refractivity contribution in [3.05, 3.63) is 11.9 Å². The normalized spacial score (nSPS) is 23.7. The van der Waals surface area contributed by atoms with Gasteiger partial charge in [0.1, 0.15) is 18.0 Å². The Labute approximate surface area is 102 Å². The zero-order valence-electron chi connectivity index (χ0n) is 10.7. The molecule has 94 valence electrons. The SMILES string of the molecule is CCNc1ncnc(NC2(C)CCOC2)c1C. The summed E-state index contributed by atoms with van der Waals surface area (Å²) in [7, 11) is 0. The van der Waals surface area contributed by atoms with E-state index in [9.17, 15) is 0 Å². The van der Waals surface area contributed by atoms with Crippen LogP contribution < -0.4 is 10.6 Å². The van der Waals surface area contributed by atoms with Gasteiger partial charge in [0, 0.05) is 18.7 Å². The maximum Gasteiger partial charge on any atom is 0.134 e. The third-order valence-electron chi connectivity index (χ3n) is 3.07. The average Bonchev–Trinajstić information content (AvgIpc) is 2.71. The minimum absolute atomic E-state index is 0.0113. The lowest BCUT2D eigenvalue weighted by Crippen LogP contribution is -2.35. The minimum Gasteiger partial charge on any atom is -0.379 e. The molecule has 17 heavy (non-hydrogen) atoms. The molecule has 0 aliphatic carbocycles. The Morgan fingerprint density at radius 2 is 2.18 bits per heavy atom. The summed E-state index contributed by atoms with van der Waals surface area (Å²) in [5.41, 5.74) is 1.05. The average molecular weight is 236 g/mol. The first-order valence-corrected chi connectivity index (χ1v) is 6.06. The van der Waals surface area contributed by atoms with Gasteiger partial charge in [0.25, 0.3) is 0 Å². The maximum absolute atomic E-state index is 5.43. The fraction of sp³-hybridized carbons (Fsp3) is 0.667. The molecular weight excluding hydrogens is 216 g/mol. The molecule has 5 heteroatoms. The van der Waals surface area contributed by atoms with E-state index in [0.717, 1.165) is 43.4 Å². The molecule has 2 N–H and O–H groups in total. The van der Waals surface area contributed by atoms with E-state index >= 15 is 0 Å². The molecule has 2 rings (SSSR count). The summed E-state index contributed by atoms with van der Waals surface area (Å²) in [5.74, 6) is 1.79. The van der Waals surface area contributed by atoms with Crippen LogP contribution in [-0.2, 0) is 4.74 Å². The Hall–Kier alpha value is -1.36. The summed E-state index contributed by atoms with van der Waals surface area (Å²) in [5, 5.41) is 6.70. The first-order chi connectivity index (χ1) is 8.14. The van der Waals surface area contributed by atoms with Crippen LogP contribution in [-0.4, -0.2) is 35.3 Å². The molecular formula is C12H20N4O. The highest BCUT2D eigenvalue weighted by Crippen LogP contribution is 2.26. The molecule has 0 amide bonds. The van der Waals surface area contributed by atoms with Gasteiger partial charge in [0.05, 0.1) is 12.1 Å². The molecule has 1 unspecified atom stereocenters. The molecule has 1 fully saturated rings. The fourth-order valence-corrected chi connectivity index (χ4v) is 1.97. The van der Waals surface area contributed by atoms with Gasteiger partial charge < -0.3 is 15.4 Å². The number of aromatic nitrogens is 2. The predicted molar refractivity (Wildman–Crippen MR) is 68.4 cm³/mol. The zero-order chi connectivity index (χ0) is 12.3. The maximum atomic E-state index is 5.43. The van der Waals surface area contributed by atoms with E-state index in [2.05, 4.69) is 34.4 Å². The number of hydrogen-bond donors (Lipinski definition) is 2. The number of hydrogen-bond acceptors (Lipinski definition) is 5. The van der Waals surface area contributed by atoms with Gasteiger partial charge >= 0.3 is 0 Å². The number of rotatable bonds is 4. The second kappa shape index (κ2) is 4.87. The first kappa shape index (κ1) is 12.1. The van der Waals surface area contributed by atoms with Crippen LogP contribution in [0.2, 0.25) is 0 Å². The van der Waals surface area contributed by atoms with Crippen molar-refractivity contribution < 1.29 is 4.74 Å². The van der Waals surface area contributed by atoms with Crippen molar-refractivity contribution in [2.45, 2.75) is 32.7 Å². The third-order valence-corrected chi connectivity index (χ3v) is 3.07. The summed E-state index contributed by atoms with van der Waals surface area (Å²) in [4.78, 5) is 8.54. The second-order valence-corrected chi connectivity index (χ2v) is 4.71. The molecule has 5 nitrogen and oxygen atoms in total. The Morgan fingerprint density at radius 1 is 1.41 bits per heavy atom. The second-order valence-electron chi connectivity index (χ2n) is 4.71. The van der Waals surface area contributed by atoms with E-state index in [1.165, 1.54) is 0 Å². The Balaban J connectivity index is 2.18. The molecule has 1 aromatic rings. The van der Waals surface area contributed by atoms with Crippen LogP contribution in [0.5, 0.6) is 0 Å². The molecule has 0 bridgehead atoms. The van der Waals surface area contributed by atoms with E-state index in [1.807, 2.05) is 6.92 Å². The largest absolute Gasteiger partial charge is 0.379 e. The molecule has 0 saturated carbocycles. The summed E-state index contributed by atoms with van der Waals surface area (Å²) in [6.07, 6.45) is 2.60. The Bertz CT molecular complexity index is 388. The predicted octanol–water partition coefficient (Wildman–Crippen LogP) is 1.81. The third kappa shape index (κ3) is 2.66. The van der Waals surface area contributed by atoms with Crippen LogP contribution in [0.1, 0.15) is 25.8 Å². The van der Waals surface area contributed by atoms with Gasteiger partial charge in [-0.3, -0.25) is 0 Å². The lowest BCUT2D eigenvalue weighted by atomic mass is 10.0. The van der Waals surface area contributed by atoms with Crippen molar-refractivity contribution in [1.82, 2.24) is 9.97 Å². The van der Waals surface area contributed by atoms with Crippen molar-refractivity contribution in [1.29, 1.82) is 0 Å². The summed E-state index contributed by atoms with van der Waals surface area (Å²) >= 11 is 0. The summed E-state index contributed by atoms with van der Waals surface area (Å²) in [6, 6.07) is 0. The van der Waals surface area contributed by atoms with Gasteiger partial charge in [0.2, 0.25) is 0 Å². The van der Waals surface area contributed by atoms with Crippen molar-refractivity contribution in [3.8, 4) is 0 Å². The highest BCUT2D eigenvalue weighted by atomic mass is 16.5. The van der Waals surface area contributed by atoms with Gasteiger partial charge in [-0.05, 0) is 27.2 Å². The van der Waals surface area contributed by atoms with Gasteiger partial charge in [-0.15, -0.1) is 0 Å². The number of nitrogens with zero attached hydrogens (tertiary/aromatic N) is 2. The minimum atomic E-state index is -0.0113. The van der Waals surface area contributed by atoms with E-state index < -0.39 is 0 Å². The highest BCUT2D eigenvalue weighted by Gasteiger charge is 2.30. The van der Waals surface area contributed by atoms with Crippen molar-refractivity contribution in [3.63, 3.8) is 0 Å². The molecule has 1 saturated heterocycles. The molecule has 2 heterocycles. The first-order valence-electron chi connectivity index (χ1n) is 6.06. The van der Waals surface area contributed by atoms with E-state index in [-0.39, 0.29) is 5.54 Å². The Morgan fingerprint density at radius 3 is 2.82 bits per heavy atom. The highest BCUT2D eigenvalue weighted by molar-refractivity contribution is 5.57. The smallest absolute Gasteiger partial charge is 0.134 e. The lowest BCUT2D eigenvalue weighted by molar-refractivity contribution is 0.185. The number of anilines is 2. The lowest BCUT2D eigenvalue weighted by Gasteiger charge is -2.25. The van der Waals surface area contributed by atoms with Crippen LogP contribution in [0.4, 0.5) is 11.6 Å². The molecule has 1 aliphatic rings. The summed E-state index contributed by atoms with van der Waals surface area (Å²) < 4.78 is 5.43. The van der Waals surface area contributed by atoms with Gasteiger partial charge in [-0.1, -0.05) is 0 Å². The van der Waals surface area contributed by atoms with Gasteiger partial charge in [-0.2, -0.15) is 0 Å². The molecule has 0 spiro atoms. The number of nitrogens with one attached hydrogen (secondary N) is 2. The van der Waals surface area contributed by atoms with Crippen LogP contribution in [0.25, 0.3) is 0 Å². The van der Waals surface area contributed by atoms with Crippen LogP contribution >= 0.6 is 0 Å². The quantitative estimate of drug-likeness (QED) is 0.835. The Kier molecular flexibility index (Phi) is 3.47. The van der Waals surface area contributed by atoms with Gasteiger partial charge in [0.15, 0.2) is 0 Å². The van der Waals surface area contributed by atoms with Crippen LogP contribution in [0.15, 0.2) is 6.33 Å². The van der Waals surface area contributed by atoms with Gasteiger partial charge in [-0.25, -0.2) is 9.97 Å². The topological polar surface area (TPSA) is 59.1 Å². The van der Waals surface area contributed by atoms with Crippen molar-refractivity contribution in [2.75, 3.05) is 30.4 Å². The van der Waals surface area contributed by atoms with Crippen LogP contribution in [0.3, 0.4) is 0 Å². The molecule has 1 aromatic heterocycles. The monoisotopic (exact) mass is 236 g/mol. The fourth-order valence-electron chi connectivity index (χ4n) is 1.97. The van der Waals surface area contributed by atoms with Crippen LogP contribution in [0, 0.1) is 6.92 Å². The molecule has 0 radical (unpaired) electrons. The number of ether oxygens (including phenoxy) is 1. The van der Waals surface area contributed by atoms with Crippen molar-refractivity contribution in [2.24, 2.45) is 0 Å². The molecule has 1 aliphatic heterocycles. The standard InChI is InChI=1S/C12H20N4O/c1-4-13-10-9(2)11(15-8-14-10)16-12(3)5-6-17-7-12/h8H,4-7H2,1-3H3,(H2,13,14,15,16). The summed E-state index contributed by atoms with van der Waals surface area (Å²) in [6.45, 7) is 8.65. The van der Waals surface area contributed by atoms with E-state index in [1.54, 1.807) is 6.33 Å². The molecule has 1 atom stereocenters. The van der Waals surface area contributed by atoms with E-state index in [0.29, 0.717) is 0 Å². The zero-order valence-corrected chi connectivity index (χ0v) is 10.7. The molecule has 0 aromatic carbocycles. The van der Waals surface area contributed by atoms with E-state index in [4.69, 9.17) is 4.74 Å². The van der Waals surface area contributed by atoms with Crippen molar-refractivity contribution >= 4 is 11.6 Å².